The molecule has 6 nitrogen and oxygen atoms in total. The smallest absolute Gasteiger partial charge is 0.281 e. The molecular formula is C12H14N4O2S. The number of para-hydroxylation sites is 2. The third-order valence-corrected chi connectivity index (χ3v) is 4.98. The highest BCUT2D eigenvalue weighted by Gasteiger charge is 2.31. The number of hydrogen-bond donors (Lipinski definition) is 1. The zero-order valence-electron chi connectivity index (χ0n) is 10.4. The van der Waals surface area contributed by atoms with Crippen molar-refractivity contribution < 1.29 is 8.42 Å². The Morgan fingerprint density at radius 1 is 1.21 bits per heavy atom. The fourth-order valence-corrected chi connectivity index (χ4v) is 3.60. The van der Waals surface area contributed by atoms with Gasteiger partial charge >= 0.3 is 0 Å². The molecule has 0 bridgehead atoms. The molecule has 7 heteroatoms. The number of fused-ring (bicyclic) bond motifs is 1. The summed E-state index contributed by atoms with van der Waals surface area (Å²) in [6.07, 6.45) is 2.70. The molecular weight excluding hydrogens is 264 g/mol. The monoisotopic (exact) mass is 278 g/mol. The summed E-state index contributed by atoms with van der Waals surface area (Å²) in [6, 6.07) is 7.48. The second kappa shape index (κ2) is 4.27. The fourth-order valence-electron chi connectivity index (χ4n) is 2.23. The number of aromatic nitrogens is 2. The molecule has 0 amide bonds. The summed E-state index contributed by atoms with van der Waals surface area (Å²) < 4.78 is 26.5. The van der Waals surface area contributed by atoms with Gasteiger partial charge in [-0.25, -0.2) is 4.98 Å². The van der Waals surface area contributed by atoms with Crippen molar-refractivity contribution in [3.8, 4) is 0 Å². The van der Waals surface area contributed by atoms with Crippen LogP contribution in [-0.4, -0.2) is 38.5 Å². The molecule has 100 valence electrons. The SMILES string of the molecule is CN1CCN(S(=O)(=O)c2cnc[nH]2)c2ccccc21. The number of likely N-dealkylation sites (N-methyl/N-ethyl adjacent to an activating group) is 1. The summed E-state index contributed by atoms with van der Waals surface area (Å²) in [6.45, 7) is 1.08. The van der Waals surface area contributed by atoms with E-state index in [4.69, 9.17) is 0 Å². The van der Waals surface area contributed by atoms with E-state index in [0.29, 0.717) is 18.8 Å². The first-order valence-corrected chi connectivity index (χ1v) is 7.36. The molecule has 0 aliphatic carbocycles. The number of anilines is 2. The predicted octanol–water partition coefficient (Wildman–Crippen LogP) is 1.05. The van der Waals surface area contributed by atoms with Crippen LogP contribution in [0.15, 0.2) is 41.8 Å². The predicted molar refractivity (Wildman–Crippen MR) is 72.8 cm³/mol. The molecule has 1 aliphatic rings. The fraction of sp³-hybridized carbons (Fsp3) is 0.250. The van der Waals surface area contributed by atoms with Gasteiger partial charge in [-0.2, -0.15) is 8.42 Å². The van der Waals surface area contributed by atoms with Crippen LogP contribution in [0, 0.1) is 0 Å². The Balaban J connectivity index is 2.11. The van der Waals surface area contributed by atoms with E-state index in [1.807, 2.05) is 36.2 Å². The Bertz CT molecular complexity index is 682. The zero-order chi connectivity index (χ0) is 13.5. The number of nitrogens with one attached hydrogen (secondary N) is 1. The lowest BCUT2D eigenvalue weighted by Crippen LogP contribution is -2.42. The van der Waals surface area contributed by atoms with Gasteiger partial charge in [0.25, 0.3) is 10.0 Å². The lowest BCUT2D eigenvalue weighted by molar-refractivity contribution is 0.586. The first-order valence-electron chi connectivity index (χ1n) is 5.92. The van der Waals surface area contributed by atoms with Crippen molar-refractivity contribution in [2.45, 2.75) is 5.03 Å². The third kappa shape index (κ3) is 1.86. The van der Waals surface area contributed by atoms with Crippen LogP contribution in [0.2, 0.25) is 0 Å². The first kappa shape index (κ1) is 12.0. The van der Waals surface area contributed by atoms with E-state index in [0.717, 1.165) is 5.69 Å². The lowest BCUT2D eigenvalue weighted by Gasteiger charge is -2.35. The van der Waals surface area contributed by atoms with Crippen LogP contribution in [0.1, 0.15) is 0 Å². The van der Waals surface area contributed by atoms with Crippen molar-refractivity contribution in [3.63, 3.8) is 0 Å². The summed E-state index contributed by atoms with van der Waals surface area (Å²) in [4.78, 5) is 8.49. The summed E-state index contributed by atoms with van der Waals surface area (Å²) in [5, 5.41) is 0.117. The second-order valence-electron chi connectivity index (χ2n) is 4.40. The van der Waals surface area contributed by atoms with Crippen molar-refractivity contribution in [1.82, 2.24) is 9.97 Å². The summed E-state index contributed by atoms with van der Waals surface area (Å²) in [7, 11) is -1.61. The minimum atomic E-state index is -3.57. The van der Waals surface area contributed by atoms with Gasteiger partial charge in [-0.05, 0) is 12.1 Å². The Kier molecular flexibility index (Phi) is 2.70. The van der Waals surface area contributed by atoms with E-state index in [-0.39, 0.29) is 5.03 Å². The first-order chi connectivity index (χ1) is 9.10. The van der Waals surface area contributed by atoms with E-state index in [1.165, 1.54) is 16.8 Å². The summed E-state index contributed by atoms with van der Waals surface area (Å²) in [5.74, 6) is 0. The molecule has 0 saturated heterocycles. The highest BCUT2D eigenvalue weighted by atomic mass is 32.2. The van der Waals surface area contributed by atoms with Crippen molar-refractivity contribution >= 4 is 21.4 Å². The van der Waals surface area contributed by atoms with Gasteiger partial charge in [0.1, 0.15) is 0 Å². The van der Waals surface area contributed by atoms with Gasteiger partial charge in [-0.1, -0.05) is 12.1 Å². The Morgan fingerprint density at radius 3 is 2.63 bits per heavy atom. The number of nitrogens with zero attached hydrogens (tertiary/aromatic N) is 3. The van der Waals surface area contributed by atoms with E-state index >= 15 is 0 Å². The van der Waals surface area contributed by atoms with Gasteiger partial charge < -0.3 is 9.88 Å². The quantitative estimate of drug-likeness (QED) is 0.891. The number of imidazole rings is 1. The Hall–Kier alpha value is -2.02. The molecule has 2 heterocycles. The standard InChI is InChI=1S/C12H14N4O2S/c1-15-6-7-16(11-5-3-2-4-10(11)15)19(17,18)12-8-13-9-14-12/h2-5,8-9H,6-7H2,1H3,(H,13,14). The van der Waals surface area contributed by atoms with Gasteiger partial charge in [-0.3, -0.25) is 4.31 Å². The van der Waals surface area contributed by atoms with Gasteiger partial charge in [0, 0.05) is 13.6 Å². The minimum Gasteiger partial charge on any atom is -0.371 e. The maximum absolute atomic E-state index is 12.6. The molecule has 19 heavy (non-hydrogen) atoms. The Morgan fingerprint density at radius 2 is 1.95 bits per heavy atom. The Labute approximate surface area is 111 Å². The van der Waals surface area contributed by atoms with E-state index in [2.05, 4.69) is 9.97 Å². The average molecular weight is 278 g/mol. The maximum Gasteiger partial charge on any atom is 0.281 e. The second-order valence-corrected chi connectivity index (χ2v) is 6.23. The molecule has 1 N–H and O–H groups in total. The number of benzene rings is 1. The van der Waals surface area contributed by atoms with Crippen LogP contribution in [0.4, 0.5) is 11.4 Å². The van der Waals surface area contributed by atoms with E-state index in [9.17, 15) is 8.42 Å². The zero-order valence-corrected chi connectivity index (χ0v) is 11.3. The molecule has 1 aromatic carbocycles. The normalized spacial score (nSPS) is 15.4. The van der Waals surface area contributed by atoms with E-state index in [1.54, 1.807) is 0 Å². The van der Waals surface area contributed by atoms with Crippen LogP contribution >= 0.6 is 0 Å². The minimum absolute atomic E-state index is 0.117. The summed E-state index contributed by atoms with van der Waals surface area (Å²) in [5.41, 5.74) is 1.61. The highest BCUT2D eigenvalue weighted by Crippen LogP contribution is 2.34. The molecule has 1 aliphatic heterocycles. The lowest BCUT2D eigenvalue weighted by atomic mass is 10.2. The largest absolute Gasteiger partial charge is 0.371 e. The van der Waals surface area contributed by atoms with Crippen molar-refractivity contribution in [1.29, 1.82) is 0 Å². The van der Waals surface area contributed by atoms with Crippen molar-refractivity contribution in [2.75, 3.05) is 29.3 Å². The third-order valence-electron chi connectivity index (χ3n) is 3.24. The van der Waals surface area contributed by atoms with Crippen molar-refractivity contribution in [3.05, 3.63) is 36.8 Å². The molecule has 0 radical (unpaired) electrons. The van der Waals surface area contributed by atoms with E-state index < -0.39 is 10.0 Å². The molecule has 2 aromatic rings. The molecule has 0 atom stereocenters. The summed E-state index contributed by atoms with van der Waals surface area (Å²) >= 11 is 0. The number of aromatic amines is 1. The number of H-pyrrole nitrogens is 1. The molecule has 0 spiro atoms. The number of sulfonamides is 1. The van der Waals surface area contributed by atoms with Crippen LogP contribution in [0.25, 0.3) is 0 Å². The van der Waals surface area contributed by atoms with Gasteiger partial charge in [0.2, 0.25) is 0 Å². The maximum atomic E-state index is 12.6. The molecule has 1 aromatic heterocycles. The topological polar surface area (TPSA) is 69.3 Å². The van der Waals surface area contributed by atoms with Gasteiger partial charge in [0.05, 0.1) is 30.4 Å². The highest BCUT2D eigenvalue weighted by molar-refractivity contribution is 7.92. The van der Waals surface area contributed by atoms with Gasteiger partial charge in [-0.15, -0.1) is 0 Å². The van der Waals surface area contributed by atoms with Crippen LogP contribution in [0.5, 0.6) is 0 Å². The average Bonchev–Trinajstić information content (AvgIpc) is 2.94. The van der Waals surface area contributed by atoms with Crippen LogP contribution < -0.4 is 9.21 Å². The number of rotatable bonds is 2. The van der Waals surface area contributed by atoms with Crippen molar-refractivity contribution in [2.24, 2.45) is 0 Å². The van der Waals surface area contributed by atoms with Gasteiger partial charge in [0.15, 0.2) is 5.03 Å². The van der Waals surface area contributed by atoms with Crippen LogP contribution in [0.3, 0.4) is 0 Å². The molecule has 0 saturated carbocycles. The molecule has 3 rings (SSSR count). The molecule has 0 unspecified atom stereocenters. The number of hydrogen-bond acceptors (Lipinski definition) is 4. The van der Waals surface area contributed by atoms with Crippen LogP contribution in [-0.2, 0) is 10.0 Å². The molecule has 0 fully saturated rings.